The summed E-state index contributed by atoms with van der Waals surface area (Å²) in [6, 6.07) is 6.70. The van der Waals surface area contributed by atoms with Crippen LogP contribution in [0.1, 0.15) is 11.4 Å². The second-order valence-corrected chi connectivity index (χ2v) is 4.62. The molecule has 23 heavy (non-hydrogen) atoms. The number of ether oxygens (including phenoxy) is 2. The molecule has 0 radical (unpaired) electrons. The summed E-state index contributed by atoms with van der Waals surface area (Å²) in [6.07, 6.45) is 1.54. The van der Waals surface area contributed by atoms with Crippen LogP contribution in [0.5, 0.6) is 11.5 Å². The third-order valence-corrected chi connectivity index (χ3v) is 3.04. The van der Waals surface area contributed by atoms with Gasteiger partial charge in [0.2, 0.25) is 0 Å². The molecule has 2 rings (SSSR count). The highest BCUT2D eigenvalue weighted by atomic mass is 16.5. The monoisotopic (exact) mass is 317 g/mol. The molecule has 0 saturated heterocycles. The molecule has 0 bridgehead atoms. The number of nitrogens with one attached hydrogen (secondary N) is 2. The van der Waals surface area contributed by atoms with Gasteiger partial charge in [0.25, 0.3) is 0 Å². The van der Waals surface area contributed by atoms with Crippen LogP contribution in [0.25, 0.3) is 0 Å². The van der Waals surface area contributed by atoms with Gasteiger partial charge in [0.05, 0.1) is 20.8 Å². The van der Waals surface area contributed by atoms with Crippen molar-refractivity contribution in [2.45, 2.75) is 13.1 Å². The lowest BCUT2D eigenvalue weighted by Crippen LogP contribution is -2.35. The molecule has 2 aromatic rings. The van der Waals surface area contributed by atoms with Crippen LogP contribution in [-0.2, 0) is 13.1 Å². The summed E-state index contributed by atoms with van der Waals surface area (Å²) in [7, 11) is 3.13. The number of hydrogen-bond donors (Lipinski definition) is 3. The number of hydrogen-bond acceptors (Lipinski definition) is 6. The Hall–Kier alpha value is -3.03. The summed E-state index contributed by atoms with van der Waals surface area (Å²) in [5.41, 5.74) is 6.44. The van der Waals surface area contributed by atoms with Crippen molar-refractivity contribution in [3.8, 4) is 11.5 Å². The Balaban J connectivity index is 1.84. The first-order valence-electron chi connectivity index (χ1n) is 6.92. The van der Waals surface area contributed by atoms with E-state index in [1.165, 1.54) is 0 Å². The number of urea groups is 1. The van der Waals surface area contributed by atoms with Gasteiger partial charge >= 0.3 is 6.03 Å². The second kappa shape index (κ2) is 7.83. The van der Waals surface area contributed by atoms with Gasteiger partial charge in [-0.2, -0.15) is 0 Å². The lowest BCUT2D eigenvalue weighted by Gasteiger charge is -2.11. The summed E-state index contributed by atoms with van der Waals surface area (Å²) in [6.45, 7) is 0.548. The average molecular weight is 317 g/mol. The van der Waals surface area contributed by atoms with Crippen molar-refractivity contribution in [3.63, 3.8) is 0 Å². The fourth-order valence-electron chi connectivity index (χ4n) is 1.89. The van der Waals surface area contributed by atoms with E-state index in [-0.39, 0.29) is 12.6 Å². The van der Waals surface area contributed by atoms with Crippen LogP contribution in [0.2, 0.25) is 0 Å². The molecule has 4 N–H and O–H groups in total. The van der Waals surface area contributed by atoms with Crippen LogP contribution in [-0.4, -0.2) is 30.2 Å². The molecular formula is C15H19N5O3. The Morgan fingerprint density at radius 1 is 1.13 bits per heavy atom. The van der Waals surface area contributed by atoms with Crippen molar-refractivity contribution >= 4 is 11.8 Å². The van der Waals surface area contributed by atoms with E-state index < -0.39 is 0 Å². The molecule has 8 heteroatoms. The first kappa shape index (κ1) is 16.3. The third-order valence-electron chi connectivity index (χ3n) is 3.04. The smallest absolute Gasteiger partial charge is 0.315 e. The fourth-order valence-corrected chi connectivity index (χ4v) is 1.89. The molecule has 0 aliphatic rings. The minimum Gasteiger partial charge on any atom is -0.493 e. The number of methoxy groups -OCH3 is 2. The number of nitrogen functional groups attached to an aromatic ring is 1. The van der Waals surface area contributed by atoms with Gasteiger partial charge in [-0.1, -0.05) is 6.07 Å². The standard InChI is InChI=1S/C15H19N5O3/c1-22-11-4-3-10(7-12(11)23-2)8-18-15(21)19-9-14-17-6-5-13(16)20-14/h3-7H,8-9H2,1-2H3,(H2,16,17,20)(H2,18,19,21). The molecule has 1 aromatic heterocycles. The largest absolute Gasteiger partial charge is 0.493 e. The third kappa shape index (κ3) is 4.73. The lowest BCUT2D eigenvalue weighted by atomic mass is 10.2. The zero-order chi connectivity index (χ0) is 16.7. The van der Waals surface area contributed by atoms with Gasteiger partial charge in [0, 0.05) is 12.7 Å². The van der Waals surface area contributed by atoms with Gasteiger partial charge in [0.1, 0.15) is 11.6 Å². The molecular weight excluding hydrogens is 298 g/mol. The maximum atomic E-state index is 11.8. The number of benzene rings is 1. The summed E-state index contributed by atoms with van der Waals surface area (Å²) in [5.74, 6) is 2.06. The zero-order valence-electron chi connectivity index (χ0n) is 13.0. The molecule has 8 nitrogen and oxygen atoms in total. The first-order valence-corrected chi connectivity index (χ1v) is 6.92. The summed E-state index contributed by atoms with van der Waals surface area (Å²) >= 11 is 0. The van der Waals surface area contributed by atoms with Crippen molar-refractivity contribution in [3.05, 3.63) is 41.9 Å². The Morgan fingerprint density at radius 2 is 1.87 bits per heavy atom. The van der Waals surface area contributed by atoms with Crippen molar-refractivity contribution in [1.82, 2.24) is 20.6 Å². The van der Waals surface area contributed by atoms with Gasteiger partial charge < -0.3 is 25.8 Å². The van der Waals surface area contributed by atoms with Crippen LogP contribution in [0.15, 0.2) is 30.5 Å². The molecule has 0 aliphatic heterocycles. The highest BCUT2D eigenvalue weighted by Gasteiger charge is 2.06. The van der Waals surface area contributed by atoms with E-state index in [1.807, 2.05) is 6.07 Å². The quantitative estimate of drug-likeness (QED) is 0.735. The number of anilines is 1. The van der Waals surface area contributed by atoms with Crippen molar-refractivity contribution in [2.75, 3.05) is 20.0 Å². The van der Waals surface area contributed by atoms with Crippen LogP contribution in [0.3, 0.4) is 0 Å². The average Bonchev–Trinajstić information content (AvgIpc) is 2.57. The first-order chi connectivity index (χ1) is 11.1. The van der Waals surface area contributed by atoms with Crippen LogP contribution in [0.4, 0.5) is 10.6 Å². The number of rotatable bonds is 6. The molecule has 0 saturated carbocycles. The van der Waals surface area contributed by atoms with E-state index in [0.29, 0.717) is 29.7 Å². The van der Waals surface area contributed by atoms with Crippen molar-refractivity contribution in [2.24, 2.45) is 0 Å². The van der Waals surface area contributed by atoms with E-state index in [9.17, 15) is 4.79 Å². The predicted octanol–water partition coefficient (Wildman–Crippen LogP) is 1.08. The van der Waals surface area contributed by atoms with Gasteiger partial charge in [-0.25, -0.2) is 14.8 Å². The van der Waals surface area contributed by atoms with E-state index in [1.54, 1.807) is 38.6 Å². The Kier molecular flexibility index (Phi) is 5.56. The minimum atomic E-state index is -0.328. The molecule has 122 valence electrons. The van der Waals surface area contributed by atoms with Crippen LogP contribution < -0.4 is 25.8 Å². The molecule has 0 aliphatic carbocycles. The molecule has 0 unspecified atom stereocenters. The van der Waals surface area contributed by atoms with E-state index >= 15 is 0 Å². The maximum Gasteiger partial charge on any atom is 0.315 e. The lowest BCUT2D eigenvalue weighted by molar-refractivity contribution is 0.240. The highest BCUT2D eigenvalue weighted by Crippen LogP contribution is 2.27. The van der Waals surface area contributed by atoms with E-state index in [2.05, 4.69) is 20.6 Å². The molecule has 2 amide bonds. The number of carbonyl (C=O) groups excluding carboxylic acids is 1. The van der Waals surface area contributed by atoms with E-state index in [0.717, 1.165) is 5.56 Å². The summed E-state index contributed by atoms with van der Waals surface area (Å²) in [4.78, 5) is 19.8. The van der Waals surface area contributed by atoms with Crippen molar-refractivity contribution < 1.29 is 14.3 Å². The molecule has 0 spiro atoms. The summed E-state index contributed by atoms with van der Waals surface area (Å²) < 4.78 is 10.4. The maximum absolute atomic E-state index is 11.8. The van der Waals surface area contributed by atoms with E-state index in [4.69, 9.17) is 15.2 Å². The number of amides is 2. The molecule has 0 atom stereocenters. The van der Waals surface area contributed by atoms with Gasteiger partial charge in [-0.3, -0.25) is 0 Å². The normalized spacial score (nSPS) is 10.0. The number of nitrogens with zero attached hydrogens (tertiary/aromatic N) is 2. The Labute approximate surface area is 134 Å². The molecule has 1 heterocycles. The van der Waals surface area contributed by atoms with Crippen LogP contribution >= 0.6 is 0 Å². The van der Waals surface area contributed by atoms with Crippen LogP contribution in [0, 0.1) is 0 Å². The molecule has 0 fully saturated rings. The minimum absolute atomic E-state index is 0.197. The molecule has 1 aromatic carbocycles. The van der Waals surface area contributed by atoms with Gasteiger partial charge in [-0.05, 0) is 23.8 Å². The number of aromatic nitrogens is 2. The SMILES string of the molecule is COc1ccc(CNC(=O)NCc2nccc(N)n2)cc1OC. The number of nitrogens with two attached hydrogens (primary N) is 1. The topological polar surface area (TPSA) is 111 Å². The number of carbonyl (C=O) groups is 1. The summed E-state index contributed by atoms with van der Waals surface area (Å²) in [5, 5.41) is 5.40. The second-order valence-electron chi connectivity index (χ2n) is 4.62. The highest BCUT2D eigenvalue weighted by molar-refractivity contribution is 5.73. The van der Waals surface area contributed by atoms with Gasteiger partial charge in [-0.15, -0.1) is 0 Å². The van der Waals surface area contributed by atoms with Crippen molar-refractivity contribution in [1.29, 1.82) is 0 Å². The Morgan fingerprint density at radius 3 is 2.57 bits per heavy atom. The predicted molar refractivity (Wildman–Crippen MR) is 85.1 cm³/mol. The fraction of sp³-hybridized carbons (Fsp3) is 0.267. The zero-order valence-corrected chi connectivity index (χ0v) is 13.0. The van der Waals surface area contributed by atoms with Gasteiger partial charge in [0.15, 0.2) is 11.5 Å². The Bertz CT molecular complexity index is 678.